The van der Waals surface area contributed by atoms with Gasteiger partial charge in [-0.15, -0.1) is 0 Å². The smallest absolute Gasteiger partial charge is 0.272 e. The van der Waals surface area contributed by atoms with Crippen molar-refractivity contribution in [1.29, 1.82) is 0 Å². The topological polar surface area (TPSA) is 94.6 Å². The van der Waals surface area contributed by atoms with Crippen molar-refractivity contribution < 1.29 is 18.8 Å². The summed E-state index contributed by atoms with van der Waals surface area (Å²) in [6.07, 6.45) is 0.502. The van der Waals surface area contributed by atoms with Crippen LogP contribution >= 0.6 is 15.9 Å². The summed E-state index contributed by atoms with van der Waals surface area (Å²) in [5, 5.41) is 5.56. The predicted molar refractivity (Wildman–Crippen MR) is 124 cm³/mol. The molecule has 1 unspecified atom stereocenters. The van der Waals surface area contributed by atoms with Crippen LogP contribution in [0.25, 0.3) is 0 Å². The van der Waals surface area contributed by atoms with Crippen molar-refractivity contribution in [1.82, 2.24) is 20.5 Å². The zero-order valence-electron chi connectivity index (χ0n) is 18.2. The van der Waals surface area contributed by atoms with E-state index in [2.05, 4.69) is 31.5 Å². The van der Waals surface area contributed by atoms with Gasteiger partial charge in [0.05, 0.1) is 11.6 Å². The van der Waals surface area contributed by atoms with Crippen LogP contribution in [-0.4, -0.2) is 66.4 Å². The quantitative estimate of drug-likeness (QED) is 0.592. The summed E-state index contributed by atoms with van der Waals surface area (Å²) in [5.41, 5.74) is 1.45. The molecular weight excluding hydrogens is 493 g/mol. The first-order valence-corrected chi connectivity index (χ1v) is 11.6. The molecule has 4 rings (SSSR count). The summed E-state index contributed by atoms with van der Waals surface area (Å²) in [6, 6.07) is 9.95. The van der Waals surface area contributed by atoms with Gasteiger partial charge in [-0.3, -0.25) is 14.4 Å². The highest BCUT2D eigenvalue weighted by Gasteiger charge is 2.34. The number of anilines is 1. The molecule has 0 radical (unpaired) electrons. The number of hydrogen-bond acceptors (Lipinski definition) is 5. The summed E-state index contributed by atoms with van der Waals surface area (Å²) in [5.74, 6) is -1.30. The van der Waals surface area contributed by atoms with Crippen LogP contribution in [0.1, 0.15) is 35.3 Å². The number of pyridine rings is 1. The lowest BCUT2D eigenvalue weighted by molar-refractivity contribution is -0.121. The minimum absolute atomic E-state index is 0.146. The van der Waals surface area contributed by atoms with E-state index in [-0.39, 0.29) is 29.6 Å². The van der Waals surface area contributed by atoms with Crippen molar-refractivity contribution in [3.63, 3.8) is 0 Å². The number of carbonyl (C=O) groups excluding carboxylic acids is 3. The van der Waals surface area contributed by atoms with Crippen LogP contribution < -0.4 is 15.5 Å². The fourth-order valence-corrected chi connectivity index (χ4v) is 4.62. The molecule has 0 aliphatic carbocycles. The molecule has 33 heavy (non-hydrogen) atoms. The summed E-state index contributed by atoms with van der Waals surface area (Å²) >= 11 is 3.28. The number of hydrogen-bond donors (Lipinski definition) is 2. The molecule has 1 aromatic carbocycles. The average Bonchev–Trinajstić information content (AvgIpc) is 3.18. The Labute approximate surface area is 199 Å². The van der Waals surface area contributed by atoms with Gasteiger partial charge >= 0.3 is 0 Å². The Morgan fingerprint density at radius 2 is 1.97 bits per heavy atom. The molecule has 8 nitrogen and oxygen atoms in total. The molecule has 0 saturated carbocycles. The first-order chi connectivity index (χ1) is 15.8. The molecule has 2 aliphatic heterocycles. The second-order valence-electron chi connectivity index (χ2n) is 8.27. The Bertz CT molecular complexity index is 1070. The van der Waals surface area contributed by atoms with E-state index < -0.39 is 5.92 Å². The summed E-state index contributed by atoms with van der Waals surface area (Å²) in [7, 11) is 0. The molecule has 2 atom stereocenters. The van der Waals surface area contributed by atoms with E-state index in [0.717, 1.165) is 0 Å². The fraction of sp³-hybridized carbons (Fsp3) is 0.391. The van der Waals surface area contributed by atoms with Crippen molar-refractivity contribution >= 4 is 39.3 Å². The SMILES string of the molecule is CC(=O)NCC1C[C@@H](c2ccc(N3CCN(C(=O)c4cccc(Br)n4)CC3)c(F)c2)C(=O)N1. The van der Waals surface area contributed by atoms with Crippen LogP contribution in [-0.2, 0) is 9.59 Å². The zero-order chi connectivity index (χ0) is 23.5. The largest absolute Gasteiger partial charge is 0.366 e. The van der Waals surface area contributed by atoms with E-state index in [4.69, 9.17) is 0 Å². The third-order valence-corrected chi connectivity index (χ3v) is 6.44. The molecule has 3 amide bonds. The van der Waals surface area contributed by atoms with Crippen LogP contribution in [0.2, 0.25) is 0 Å². The number of carbonyl (C=O) groups is 3. The standard InChI is InChI=1S/C23H25BrFN5O3/c1-14(31)26-13-16-12-17(22(32)27-16)15-5-6-20(18(25)11-15)29-7-9-30(10-8-29)23(33)19-3-2-4-21(24)28-19/h2-6,11,16-17H,7-10,12-13H2,1H3,(H,26,31)(H,27,32)/t16?,17-/m0/s1. The highest BCUT2D eigenvalue weighted by molar-refractivity contribution is 9.10. The van der Waals surface area contributed by atoms with E-state index in [1.54, 1.807) is 35.2 Å². The fourth-order valence-electron chi connectivity index (χ4n) is 4.28. The molecule has 0 spiro atoms. The molecule has 2 aliphatic rings. The predicted octanol–water partition coefficient (Wildman–Crippen LogP) is 2.05. The van der Waals surface area contributed by atoms with Crippen LogP contribution in [0.3, 0.4) is 0 Å². The number of piperazine rings is 1. The second kappa shape index (κ2) is 9.86. The lowest BCUT2D eigenvalue weighted by Crippen LogP contribution is -2.49. The number of aromatic nitrogens is 1. The highest BCUT2D eigenvalue weighted by atomic mass is 79.9. The maximum absolute atomic E-state index is 15.0. The van der Waals surface area contributed by atoms with Gasteiger partial charge in [0.2, 0.25) is 11.8 Å². The van der Waals surface area contributed by atoms with Crippen LogP contribution in [0.5, 0.6) is 0 Å². The Balaban J connectivity index is 1.38. The molecule has 10 heteroatoms. The zero-order valence-corrected chi connectivity index (χ0v) is 19.8. The Morgan fingerprint density at radius 1 is 1.21 bits per heavy atom. The maximum Gasteiger partial charge on any atom is 0.272 e. The lowest BCUT2D eigenvalue weighted by atomic mass is 9.95. The van der Waals surface area contributed by atoms with Gasteiger partial charge in [-0.05, 0) is 52.2 Å². The van der Waals surface area contributed by atoms with E-state index in [1.807, 2.05) is 4.90 Å². The number of nitrogens with one attached hydrogen (secondary N) is 2. The number of amides is 3. The number of benzene rings is 1. The number of nitrogens with zero attached hydrogens (tertiary/aromatic N) is 3. The van der Waals surface area contributed by atoms with Gasteiger partial charge in [0.25, 0.3) is 5.91 Å². The van der Waals surface area contributed by atoms with E-state index >= 15 is 4.39 Å². The molecule has 3 heterocycles. The molecule has 0 bridgehead atoms. The van der Waals surface area contributed by atoms with Gasteiger partial charge in [-0.25, -0.2) is 9.37 Å². The van der Waals surface area contributed by atoms with Gasteiger partial charge in [0, 0.05) is 45.7 Å². The Hall–Kier alpha value is -3.01. The molecule has 2 fully saturated rings. The van der Waals surface area contributed by atoms with Gasteiger partial charge < -0.3 is 20.4 Å². The molecule has 2 saturated heterocycles. The van der Waals surface area contributed by atoms with Gasteiger partial charge in [0.1, 0.15) is 16.1 Å². The van der Waals surface area contributed by atoms with Crippen LogP contribution in [0, 0.1) is 5.82 Å². The van der Waals surface area contributed by atoms with E-state index in [9.17, 15) is 14.4 Å². The van der Waals surface area contributed by atoms with Gasteiger partial charge in [-0.1, -0.05) is 12.1 Å². The highest BCUT2D eigenvalue weighted by Crippen LogP contribution is 2.31. The third-order valence-electron chi connectivity index (χ3n) is 6.00. The number of halogens is 2. The molecule has 1 aromatic heterocycles. The monoisotopic (exact) mass is 517 g/mol. The summed E-state index contributed by atoms with van der Waals surface area (Å²) in [4.78, 5) is 44.0. The molecule has 2 aromatic rings. The first kappa shape index (κ1) is 23.2. The van der Waals surface area contributed by atoms with Crippen molar-refractivity contribution in [2.75, 3.05) is 37.6 Å². The minimum atomic E-state index is -0.445. The molecule has 174 valence electrons. The Morgan fingerprint density at radius 3 is 2.64 bits per heavy atom. The van der Waals surface area contributed by atoms with E-state index in [1.165, 1.54) is 13.0 Å². The normalized spacial score (nSPS) is 20.5. The molecule has 2 N–H and O–H groups in total. The number of rotatable bonds is 5. The van der Waals surface area contributed by atoms with Crippen molar-refractivity contribution in [2.45, 2.75) is 25.3 Å². The first-order valence-electron chi connectivity index (χ1n) is 10.8. The van der Waals surface area contributed by atoms with E-state index in [0.29, 0.717) is 60.7 Å². The third kappa shape index (κ3) is 5.32. The average molecular weight is 518 g/mol. The maximum atomic E-state index is 15.0. The lowest BCUT2D eigenvalue weighted by Gasteiger charge is -2.36. The van der Waals surface area contributed by atoms with Crippen LogP contribution in [0.4, 0.5) is 10.1 Å². The summed E-state index contributed by atoms with van der Waals surface area (Å²) in [6.45, 7) is 3.71. The van der Waals surface area contributed by atoms with Gasteiger partial charge in [0.15, 0.2) is 0 Å². The minimum Gasteiger partial charge on any atom is -0.366 e. The van der Waals surface area contributed by atoms with Crippen molar-refractivity contribution in [2.24, 2.45) is 0 Å². The van der Waals surface area contributed by atoms with Crippen molar-refractivity contribution in [3.05, 3.63) is 58.1 Å². The second-order valence-corrected chi connectivity index (χ2v) is 9.08. The molecular formula is C23H25BrFN5O3. The summed E-state index contributed by atoms with van der Waals surface area (Å²) < 4.78 is 15.6. The van der Waals surface area contributed by atoms with Crippen LogP contribution in [0.15, 0.2) is 41.0 Å². The Kier molecular flexibility index (Phi) is 6.92. The van der Waals surface area contributed by atoms with Crippen molar-refractivity contribution in [3.8, 4) is 0 Å². The van der Waals surface area contributed by atoms with Gasteiger partial charge in [-0.2, -0.15) is 0 Å².